The topological polar surface area (TPSA) is 57.5 Å². The number of methoxy groups -OCH3 is 2. The Kier molecular flexibility index (Phi) is 9.62. The molecule has 0 aliphatic heterocycles. The maximum Gasteiger partial charge on any atom is 0.0834 e. The molecular weight excluding hydrogens is 294 g/mol. The number of hydrogen-bond acceptors (Lipinski definition) is 5. The van der Waals surface area contributed by atoms with Gasteiger partial charge in [-0.15, -0.1) is 0 Å². The van der Waals surface area contributed by atoms with Gasteiger partial charge in [0, 0.05) is 20.8 Å². The van der Waals surface area contributed by atoms with Gasteiger partial charge < -0.3 is 19.5 Å². The normalized spacial score (nSPS) is 12.8. The maximum atomic E-state index is 6.29. The number of halogens is 1. The van der Waals surface area contributed by atoms with E-state index in [9.17, 15) is 0 Å². The van der Waals surface area contributed by atoms with Gasteiger partial charge in [0.1, 0.15) is 0 Å². The van der Waals surface area contributed by atoms with E-state index in [1.54, 1.807) is 20.4 Å². The van der Waals surface area contributed by atoms with Crippen LogP contribution in [0.4, 0.5) is 0 Å². The van der Waals surface area contributed by atoms with E-state index >= 15 is 0 Å². The summed E-state index contributed by atoms with van der Waals surface area (Å²) in [5, 5.41) is 8.43. The van der Waals surface area contributed by atoms with E-state index < -0.39 is 0 Å². The van der Waals surface area contributed by atoms with Crippen LogP contribution in [0, 0.1) is 0 Å². The molecule has 1 aromatic heterocycles. The molecule has 0 aromatic carbocycles. The van der Waals surface area contributed by atoms with Gasteiger partial charge in [0.15, 0.2) is 0 Å². The molecule has 0 aliphatic carbocycles. The van der Waals surface area contributed by atoms with Crippen molar-refractivity contribution in [1.82, 2.24) is 15.1 Å². The zero-order valence-electron chi connectivity index (χ0n) is 13.1. The molecule has 0 saturated heterocycles. The van der Waals surface area contributed by atoms with Crippen LogP contribution in [0.1, 0.15) is 25.1 Å². The van der Waals surface area contributed by atoms with Gasteiger partial charge in [-0.2, -0.15) is 5.10 Å². The minimum atomic E-state index is 0.115. The lowest BCUT2D eigenvalue weighted by atomic mass is 10.1. The van der Waals surface area contributed by atoms with Crippen molar-refractivity contribution in [3.05, 3.63) is 16.9 Å². The van der Waals surface area contributed by atoms with Crippen LogP contribution in [0.3, 0.4) is 0 Å². The number of ether oxygens (including phenoxy) is 3. The average molecular weight is 320 g/mol. The molecule has 122 valence electrons. The summed E-state index contributed by atoms with van der Waals surface area (Å²) in [5.74, 6) is 0. The molecule has 0 bridgehead atoms. The highest BCUT2D eigenvalue weighted by Crippen LogP contribution is 2.25. The van der Waals surface area contributed by atoms with Crippen LogP contribution in [0.25, 0.3) is 0 Å². The fraction of sp³-hybridized carbons (Fsp3) is 0.786. The van der Waals surface area contributed by atoms with Gasteiger partial charge in [0.05, 0.1) is 49.3 Å². The van der Waals surface area contributed by atoms with Crippen molar-refractivity contribution in [3.63, 3.8) is 0 Å². The summed E-state index contributed by atoms with van der Waals surface area (Å²) < 4.78 is 17.5. The third-order valence-electron chi connectivity index (χ3n) is 3.10. The summed E-state index contributed by atoms with van der Waals surface area (Å²) in [6.07, 6.45) is 2.51. The van der Waals surface area contributed by atoms with Gasteiger partial charge in [0.25, 0.3) is 0 Å². The summed E-state index contributed by atoms with van der Waals surface area (Å²) in [4.78, 5) is 0. The van der Waals surface area contributed by atoms with E-state index in [0.717, 1.165) is 18.7 Å². The summed E-state index contributed by atoms with van der Waals surface area (Å²) in [6.45, 7) is 6.08. The van der Waals surface area contributed by atoms with E-state index in [4.69, 9.17) is 25.8 Å². The number of rotatable bonds is 12. The summed E-state index contributed by atoms with van der Waals surface area (Å²) in [5.41, 5.74) is 0.992. The van der Waals surface area contributed by atoms with Gasteiger partial charge >= 0.3 is 0 Å². The van der Waals surface area contributed by atoms with Crippen molar-refractivity contribution in [3.8, 4) is 0 Å². The molecule has 0 fully saturated rings. The van der Waals surface area contributed by atoms with Gasteiger partial charge in [-0.25, -0.2) is 0 Å². The van der Waals surface area contributed by atoms with Crippen molar-refractivity contribution in [1.29, 1.82) is 0 Å². The zero-order valence-corrected chi connectivity index (χ0v) is 13.9. The molecule has 1 unspecified atom stereocenters. The number of aromatic nitrogens is 2. The first-order valence-electron chi connectivity index (χ1n) is 7.24. The van der Waals surface area contributed by atoms with Crippen molar-refractivity contribution >= 4 is 11.6 Å². The van der Waals surface area contributed by atoms with Crippen molar-refractivity contribution in [2.45, 2.75) is 25.9 Å². The molecule has 0 radical (unpaired) electrons. The Labute approximate surface area is 131 Å². The Morgan fingerprint density at radius 2 is 2.00 bits per heavy atom. The first kappa shape index (κ1) is 18.4. The standard InChI is InChI=1S/C14H26ClN3O3/c1-4-16-13(5-7-21-10-9-20-3)14-12(15)11-17-18(14)6-8-19-2/h11,13,16H,4-10H2,1-3H3. The molecule has 1 rings (SSSR count). The van der Waals surface area contributed by atoms with E-state index in [1.807, 2.05) is 4.68 Å². The average Bonchev–Trinajstić information content (AvgIpc) is 2.84. The Bertz CT molecular complexity index is 388. The number of nitrogens with one attached hydrogen (secondary N) is 1. The first-order chi connectivity index (χ1) is 10.2. The fourth-order valence-electron chi connectivity index (χ4n) is 2.10. The van der Waals surface area contributed by atoms with Gasteiger partial charge in [-0.05, 0) is 13.0 Å². The molecule has 0 saturated carbocycles. The Morgan fingerprint density at radius 1 is 1.24 bits per heavy atom. The van der Waals surface area contributed by atoms with Crippen molar-refractivity contribution in [2.75, 3.05) is 47.2 Å². The highest BCUT2D eigenvalue weighted by molar-refractivity contribution is 6.31. The second kappa shape index (κ2) is 11.0. The Morgan fingerprint density at radius 3 is 2.67 bits per heavy atom. The first-order valence-corrected chi connectivity index (χ1v) is 7.62. The van der Waals surface area contributed by atoms with E-state index in [0.29, 0.717) is 38.0 Å². The van der Waals surface area contributed by atoms with Crippen LogP contribution >= 0.6 is 11.6 Å². The molecule has 0 spiro atoms. The molecule has 0 aliphatic rings. The minimum absolute atomic E-state index is 0.115. The third-order valence-corrected chi connectivity index (χ3v) is 3.39. The molecule has 1 N–H and O–H groups in total. The van der Waals surface area contributed by atoms with Gasteiger partial charge in [0.2, 0.25) is 0 Å². The van der Waals surface area contributed by atoms with Crippen LogP contribution in [0.15, 0.2) is 6.20 Å². The number of hydrogen-bond donors (Lipinski definition) is 1. The molecule has 7 heteroatoms. The van der Waals surface area contributed by atoms with Crippen LogP contribution in [-0.2, 0) is 20.8 Å². The lowest BCUT2D eigenvalue weighted by Gasteiger charge is -2.20. The van der Waals surface area contributed by atoms with Crippen molar-refractivity contribution < 1.29 is 14.2 Å². The summed E-state index contributed by atoms with van der Waals surface area (Å²) in [6, 6.07) is 0.115. The monoisotopic (exact) mass is 319 g/mol. The van der Waals surface area contributed by atoms with Gasteiger partial charge in [-0.3, -0.25) is 4.68 Å². The molecule has 1 heterocycles. The zero-order chi connectivity index (χ0) is 15.5. The van der Waals surface area contributed by atoms with Crippen LogP contribution in [0.5, 0.6) is 0 Å². The minimum Gasteiger partial charge on any atom is -0.383 e. The predicted molar refractivity (Wildman–Crippen MR) is 82.8 cm³/mol. The largest absolute Gasteiger partial charge is 0.383 e. The maximum absolute atomic E-state index is 6.29. The summed E-state index contributed by atoms with van der Waals surface area (Å²) >= 11 is 6.29. The highest BCUT2D eigenvalue weighted by atomic mass is 35.5. The quantitative estimate of drug-likeness (QED) is 0.596. The summed E-state index contributed by atoms with van der Waals surface area (Å²) in [7, 11) is 3.34. The fourth-order valence-corrected chi connectivity index (χ4v) is 2.37. The SMILES string of the molecule is CCNC(CCOCCOC)c1c(Cl)cnn1CCOC. The Hall–Kier alpha value is -0.660. The number of nitrogens with zero attached hydrogens (tertiary/aromatic N) is 2. The highest BCUT2D eigenvalue weighted by Gasteiger charge is 2.19. The van der Waals surface area contributed by atoms with Gasteiger partial charge in [-0.1, -0.05) is 18.5 Å². The molecule has 6 nitrogen and oxygen atoms in total. The third kappa shape index (κ3) is 6.32. The molecule has 1 atom stereocenters. The second-order valence-electron chi connectivity index (χ2n) is 4.60. The Balaban J connectivity index is 2.63. The van der Waals surface area contributed by atoms with E-state index in [-0.39, 0.29) is 6.04 Å². The van der Waals surface area contributed by atoms with Crippen molar-refractivity contribution in [2.24, 2.45) is 0 Å². The predicted octanol–water partition coefficient (Wildman–Crippen LogP) is 1.89. The lowest BCUT2D eigenvalue weighted by molar-refractivity contribution is 0.0654. The molecule has 0 amide bonds. The lowest BCUT2D eigenvalue weighted by Crippen LogP contribution is -2.26. The van der Waals surface area contributed by atoms with Crippen LogP contribution in [-0.4, -0.2) is 57.0 Å². The smallest absolute Gasteiger partial charge is 0.0834 e. The molecule has 21 heavy (non-hydrogen) atoms. The van der Waals surface area contributed by atoms with E-state index in [1.165, 1.54) is 0 Å². The molecule has 1 aromatic rings. The van der Waals surface area contributed by atoms with Crippen LogP contribution in [0.2, 0.25) is 5.02 Å². The molecular formula is C14H26ClN3O3. The second-order valence-corrected chi connectivity index (χ2v) is 5.00. The van der Waals surface area contributed by atoms with Crippen LogP contribution < -0.4 is 5.32 Å². The van der Waals surface area contributed by atoms with E-state index in [2.05, 4.69) is 17.3 Å².